The quantitative estimate of drug-likeness (QED) is 0.489. The topological polar surface area (TPSA) is 66.6 Å². The minimum Gasteiger partial charge on any atom is -0.350 e. The van der Waals surface area contributed by atoms with Gasteiger partial charge in [-0.1, -0.05) is 42.5 Å². The number of urea groups is 1. The van der Waals surface area contributed by atoms with Gasteiger partial charge < -0.3 is 5.73 Å². The lowest BCUT2D eigenvalue weighted by Gasteiger charge is -2.25. The summed E-state index contributed by atoms with van der Waals surface area (Å²) in [6.07, 6.45) is 6.18. The number of carbonyl (C=O) groups is 1. The molecular weight excluding hydrogens is 228 g/mol. The van der Waals surface area contributed by atoms with Gasteiger partial charge in [0.25, 0.3) is 0 Å². The molecule has 0 aromatic heterocycles. The highest BCUT2D eigenvalue weighted by Crippen LogP contribution is 2.30. The molecule has 0 fully saturated rings. The molecule has 1 aromatic rings. The summed E-state index contributed by atoms with van der Waals surface area (Å²) in [5.74, 6) is 0.616. The lowest BCUT2D eigenvalue weighted by molar-refractivity contribution is -0.0476. The Bertz CT molecular complexity index is 431. The van der Waals surface area contributed by atoms with Gasteiger partial charge in [-0.25, -0.2) is 9.86 Å². The van der Waals surface area contributed by atoms with Crippen LogP contribution in [-0.4, -0.2) is 22.8 Å². The van der Waals surface area contributed by atoms with Gasteiger partial charge in [-0.05, 0) is 24.3 Å². The summed E-state index contributed by atoms with van der Waals surface area (Å²) in [6, 6.07) is 9.53. The Labute approximate surface area is 107 Å². The van der Waals surface area contributed by atoms with Crippen molar-refractivity contribution < 1.29 is 10.0 Å². The van der Waals surface area contributed by atoms with Crippen molar-refractivity contribution in [2.75, 3.05) is 6.54 Å². The highest BCUT2D eigenvalue weighted by Gasteiger charge is 2.19. The number of allylic oxidation sites excluding steroid dienone is 1. The van der Waals surface area contributed by atoms with E-state index >= 15 is 0 Å². The first-order valence-electron chi connectivity index (χ1n) is 6.16. The lowest BCUT2D eigenvalue weighted by atomic mass is 9.84. The number of primary amides is 1. The van der Waals surface area contributed by atoms with Crippen LogP contribution in [-0.2, 0) is 0 Å². The van der Waals surface area contributed by atoms with Crippen molar-refractivity contribution in [3.05, 3.63) is 48.0 Å². The Morgan fingerprint density at radius 1 is 1.28 bits per heavy atom. The average Bonchev–Trinajstić information content (AvgIpc) is 2.40. The van der Waals surface area contributed by atoms with E-state index in [2.05, 4.69) is 24.3 Å². The van der Waals surface area contributed by atoms with Crippen LogP contribution in [0, 0.1) is 5.92 Å². The number of amides is 2. The van der Waals surface area contributed by atoms with E-state index < -0.39 is 6.03 Å². The molecule has 18 heavy (non-hydrogen) atoms. The summed E-state index contributed by atoms with van der Waals surface area (Å²) in [4.78, 5) is 10.7. The first-order valence-corrected chi connectivity index (χ1v) is 6.16. The molecule has 0 saturated carbocycles. The highest BCUT2D eigenvalue weighted by molar-refractivity contribution is 5.70. The van der Waals surface area contributed by atoms with Gasteiger partial charge in [0.2, 0.25) is 0 Å². The predicted octanol–water partition coefficient (Wildman–Crippen LogP) is 2.51. The molecule has 0 heterocycles. The van der Waals surface area contributed by atoms with Gasteiger partial charge in [0.1, 0.15) is 0 Å². The molecule has 3 N–H and O–H groups in total. The zero-order valence-electron chi connectivity index (χ0n) is 10.2. The molecule has 4 heteroatoms. The third-order valence-corrected chi connectivity index (χ3v) is 3.35. The maximum atomic E-state index is 10.7. The molecule has 2 unspecified atom stereocenters. The third kappa shape index (κ3) is 3.11. The van der Waals surface area contributed by atoms with E-state index in [-0.39, 0.29) is 12.5 Å². The van der Waals surface area contributed by atoms with Gasteiger partial charge in [-0.3, -0.25) is 5.21 Å². The van der Waals surface area contributed by atoms with Gasteiger partial charge in [0.05, 0.1) is 6.54 Å². The van der Waals surface area contributed by atoms with Crippen LogP contribution in [0.3, 0.4) is 0 Å². The second-order valence-corrected chi connectivity index (χ2v) is 4.66. The summed E-state index contributed by atoms with van der Waals surface area (Å²) in [5, 5.41) is 9.87. The Kier molecular flexibility index (Phi) is 3.99. The standard InChI is InChI=1S/C14H18N2O2/c15-14(17)16(18)10-11-6-8-13(9-7-11)12-4-2-1-3-5-12/h1-6,8,11,13,18H,7,9-10H2,(H2,15,17). The molecule has 0 bridgehead atoms. The Morgan fingerprint density at radius 3 is 2.56 bits per heavy atom. The molecule has 2 atom stereocenters. The van der Waals surface area contributed by atoms with Gasteiger partial charge >= 0.3 is 6.03 Å². The van der Waals surface area contributed by atoms with Crippen molar-refractivity contribution in [2.24, 2.45) is 11.7 Å². The van der Waals surface area contributed by atoms with Gasteiger partial charge in [-0.2, -0.15) is 0 Å². The molecule has 0 spiro atoms. The second-order valence-electron chi connectivity index (χ2n) is 4.66. The second kappa shape index (κ2) is 5.69. The van der Waals surface area contributed by atoms with E-state index in [1.165, 1.54) is 5.56 Å². The summed E-state index contributed by atoms with van der Waals surface area (Å²) in [7, 11) is 0. The smallest absolute Gasteiger partial charge is 0.338 e. The first-order chi connectivity index (χ1) is 8.66. The number of hydroxylamine groups is 2. The lowest BCUT2D eigenvalue weighted by Crippen LogP contribution is -2.36. The van der Waals surface area contributed by atoms with E-state index in [0.717, 1.165) is 12.8 Å². The molecule has 4 nitrogen and oxygen atoms in total. The molecule has 2 rings (SSSR count). The predicted molar refractivity (Wildman–Crippen MR) is 69.1 cm³/mol. The number of rotatable bonds is 3. The van der Waals surface area contributed by atoms with E-state index in [9.17, 15) is 10.0 Å². The van der Waals surface area contributed by atoms with Crippen molar-refractivity contribution in [1.29, 1.82) is 0 Å². The molecule has 0 aliphatic heterocycles. The number of nitrogens with zero attached hydrogens (tertiary/aromatic N) is 1. The summed E-state index contributed by atoms with van der Waals surface area (Å²) >= 11 is 0. The van der Waals surface area contributed by atoms with Crippen molar-refractivity contribution in [3.63, 3.8) is 0 Å². The number of hydrogen-bond donors (Lipinski definition) is 2. The largest absolute Gasteiger partial charge is 0.350 e. The molecule has 0 radical (unpaired) electrons. The molecule has 96 valence electrons. The maximum absolute atomic E-state index is 10.7. The molecule has 2 amide bonds. The van der Waals surface area contributed by atoms with E-state index in [1.807, 2.05) is 18.2 Å². The molecule has 1 aliphatic rings. The normalized spacial score (nSPS) is 22.7. The molecule has 0 saturated heterocycles. The van der Waals surface area contributed by atoms with E-state index in [0.29, 0.717) is 11.0 Å². The van der Waals surface area contributed by atoms with Crippen LogP contribution >= 0.6 is 0 Å². The van der Waals surface area contributed by atoms with Crippen LogP contribution in [0.4, 0.5) is 4.79 Å². The molecular formula is C14H18N2O2. The van der Waals surface area contributed by atoms with Crippen LogP contribution in [0.2, 0.25) is 0 Å². The zero-order chi connectivity index (χ0) is 13.0. The van der Waals surface area contributed by atoms with Crippen LogP contribution in [0.5, 0.6) is 0 Å². The van der Waals surface area contributed by atoms with Gasteiger partial charge in [0, 0.05) is 5.92 Å². The van der Waals surface area contributed by atoms with Crippen LogP contribution in [0.1, 0.15) is 24.3 Å². The Morgan fingerprint density at radius 2 is 2.00 bits per heavy atom. The van der Waals surface area contributed by atoms with Crippen LogP contribution in [0.25, 0.3) is 0 Å². The zero-order valence-corrected chi connectivity index (χ0v) is 10.2. The van der Waals surface area contributed by atoms with Crippen LogP contribution < -0.4 is 5.73 Å². The number of carbonyl (C=O) groups excluding carboxylic acids is 1. The first kappa shape index (κ1) is 12.6. The molecule has 1 aliphatic carbocycles. The summed E-state index contributed by atoms with van der Waals surface area (Å²) in [5.41, 5.74) is 6.29. The van der Waals surface area contributed by atoms with Crippen molar-refractivity contribution in [2.45, 2.75) is 18.8 Å². The number of benzene rings is 1. The Hall–Kier alpha value is -1.81. The van der Waals surface area contributed by atoms with E-state index in [1.54, 1.807) is 0 Å². The summed E-state index contributed by atoms with van der Waals surface area (Å²) < 4.78 is 0. The minimum atomic E-state index is -0.798. The highest BCUT2D eigenvalue weighted by atomic mass is 16.5. The van der Waals surface area contributed by atoms with Crippen molar-refractivity contribution in [1.82, 2.24) is 5.06 Å². The van der Waals surface area contributed by atoms with Crippen molar-refractivity contribution in [3.8, 4) is 0 Å². The van der Waals surface area contributed by atoms with Gasteiger partial charge in [-0.15, -0.1) is 0 Å². The SMILES string of the molecule is NC(=O)N(O)CC1C=CC(c2ccccc2)CC1. The fourth-order valence-corrected chi connectivity index (χ4v) is 2.32. The fourth-order valence-electron chi connectivity index (χ4n) is 2.32. The van der Waals surface area contributed by atoms with Crippen molar-refractivity contribution >= 4 is 6.03 Å². The third-order valence-electron chi connectivity index (χ3n) is 3.35. The van der Waals surface area contributed by atoms with Gasteiger partial charge in [0.15, 0.2) is 0 Å². The van der Waals surface area contributed by atoms with E-state index in [4.69, 9.17) is 5.73 Å². The maximum Gasteiger partial charge on any atom is 0.338 e. The monoisotopic (exact) mass is 246 g/mol. The summed E-state index contributed by atoms with van der Waals surface area (Å²) in [6.45, 7) is 0.271. The number of hydrogen-bond acceptors (Lipinski definition) is 2. The Balaban J connectivity index is 1.94. The molecule has 1 aromatic carbocycles. The number of nitrogens with two attached hydrogens (primary N) is 1. The fraction of sp³-hybridized carbons (Fsp3) is 0.357. The average molecular weight is 246 g/mol. The van der Waals surface area contributed by atoms with Crippen LogP contribution in [0.15, 0.2) is 42.5 Å². The minimum absolute atomic E-state index is 0.183.